The van der Waals surface area contributed by atoms with Gasteiger partial charge < -0.3 is 15.3 Å². The number of halogens is 3. The van der Waals surface area contributed by atoms with Gasteiger partial charge in [0.25, 0.3) is 5.91 Å². The van der Waals surface area contributed by atoms with E-state index in [-0.39, 0.29) is 12.5 Å². The summed E-state index contributed by atoms with van der Waals surface area (Å²) in [5.74, 6) is -0.980. The van der Waals surface area contributed by atoms with E-state index in [1.54, 1.807) is 0 Å². The van der Waals surface area contributed by atoms with Crippen molar-refractivity contribution < 1.29 is 19.1 Å². The van der Waals surface area contributed by atoms with Crippen molar-refractivity contribution in [3.63, 3.8) is 0 Å². The van der Waals surface area contributed by atoms with Crippen LogP contribution in [0.5, 0.6) is 0 Å². The van der Waals surface area contributed by atoms with Gasteiger partial charge in [0.15, 0.2) is 0 Å². The summed E-state index contributed by atoms with van der Waals surface area (Å²) in [5.41, 5.74) is -1.75. The molecule has 28 heavy (non-hydrogen) atoms. The average Bonchev–Trinajstić information content (AvgIpc) is 3.35. The number of nitrogens with zero attached hydrogens (tertiary/aromatic N) is 1. The Morgan fingerprint density at radius 1 is 1.25 bits per heavy atom. The number of carbonyl (C=O) groups excluding carboxylic acids is 1. The second-order valence-corrected chi connectivity index (χ2v) is 8.88. The molecule has 2 N–H and O–H groups in total. The molecule has 1 aromatic carbocycles. The zero-order chi connectivity index (χ0) is 20.5. The molecule has 5 nitrogen and oxygen atoms in total. The van der Waals surface area contributed by atoms with Gasteiger partial charge in [-0.3, -0.25) is 9.59 Å². The molecule has 2 atom stereocenters. The third kappa shape index (κ3) is 4.61. The van der Waals surface area contributed by atoms with Crippen LogP contribution in [0.15, 0.2) is 18.2 Å². The fraction of sp³-hybridized carbons (Fsp3) is 0.600. The molecule has 0 spiro atoms. The van der Waals surface area contributed by atoms with E-state index in [1.165, 1.54) is 18.2 Å². The minimum Gasteiger partial charge on any atom is -0.481 e. The maximum Gasteiger partial charge on any atom is 0.309 e. The number of carboxylic acid groups (broad SMARTS) is 1. The highest BCUT2D eigenvalue weighted by atomic mass is 35.5. The second kappa shape index (κ2) is 8.17. The van der Waals surface area contributed by atoms with Crippen LogP contribution in [-0.4, -0.2) is 53.7 Å². The molecule has 0 bridgehead atoms. The first-order valence-electron chi connectivity index (χ1n) is 9.56. The Hall–Kier alpha value is -1.37. The fourth-order valence-electron chi connectivity index (χ4n) is 4.12. The maximum atomic E-state index is 15.1. The Balaban J connectivity index is 1.47. The molecule has 2 unspecified atom stereocenters. The van der Waals surface area contributed by atoms with E-state index < -0.39 is 23.0 Å². The highest BCUT2D eigenvalue weighted by molar-refractivity contribution is 6.35. The number of carboxylic acids is 1. The average molecular weight is 431 g/mol. The SMILES string of the molecule is CCC1(C(=O)O)CC1CN1CCC(F)(CNC(=O)c2cc(Cl)cc(Cl)c2)CC1. The minimum atomic E-state index is -1.47. The number of nitrogens with one attached hydrogen (secondary N) is 1. The Morgan fingerprint density at radius 3 is 2.36 bits per heavy atom. The summed E-state index contributed by atoms with van der Waals surface area (Å²) in [6.45, 7) is 3.66. The molecule has 8 heteroatoms. The summed E-state index contributed by atoms with van der Waals surface area (Å²) in [7, 11) is 0. The predicted molar refractivity (Wildman–Crippen MR) is 107 cm³/mol. The molecule has 1 saturated heterocycles. The zero-order valence-electron chi connectivity index (χ0n) is 15.8. The summed E-state index contributed by atoms with van der Waals surface area (Å²) >= 11 is 11.8. The summed E-state index contributed by atoms with van der Waals surface area (Å²) in [4.78, 5) is 25.8. The molecule has 154 valence electrons. The third-order valence-electron chi connectivity index (χ3n) is 6.21. The van der Waals surface area contributed by atoms with Crippen molar-refractivity contribution >= 4 is 35.1 Å². The molecule has 1 heterocycles. The number of carbonyl (C=O) groups is 2. The zero-order valence-corrected chi connectivity index (χ0v) is 17.3. The summed E-state index contributed by atoms with van der Waals surface area (Å²) < 4.78 is 15.1. The van der Waals surface area contributed by atoms with Crippen molar-refractivity contribution in [3.8, 4) is 0 Å². The first-order chi connectivity index (χ1) is 13.2. The topological polar surface area (TPSA) is 69.6 Å². The van der Waals surface area contributed by atoms with Gasteiger partial charge in [-0.2, -0.15) is 0 Å². The van der Waals surface area contributed by atoms with Crippen molar-refractivity contribution in [1.82, 2.24) is 10.2 Å². The molecule has 1 aliphatic carbocycles. The van der Waals surface area contributed by atoms with Gasteiger partial charge in [-0.15, -0.1) is 0 Å². The molecule has 1 amide bonds. The standard InChI is InChI=1S/C20H25Cl2FN2O3/c1-2-20(18(27)28)10-14(20)11-25-5-3-19(23,4-6-25)12-24-17(26)13-7-15(21)9-16(22)8-13/h7-9,14H,2-6,10-12H2,1H3,(H,24,26)(H,27,28). The normalized spacial score (nSPS) is 26.6. The van der Waals surface area contributed by atoms with Crippen molar-refractivity contribution in [3.05, 3.63) is 33.8 Å². The van der Waals surface area contributed by atoms with Crippen LogP contribution in [0.4, 0.5) is 4.39 Å². The molecular formula is C20H25Cl2FN2O3. The summed E-state index contributed by atoms with van der Waals surface area (Å²) in [6.07, 6.45) is 1.95. The predicted octanol–water partition coefficient (Wildman–Crippen LogP) is 4.03. The number of rotatable bonds is 7. The molecule has 1 aromatic rings. The first kappa shape index (κ1) is 21.3. The van der Waals surface area contributed by atoms with Crippen molar-refractivity contribution in [2.45, 2.75) is 38.3 Å². The van der Waals surface area contributed by atoms with Crippen LogP contribution in [-0.2, 0) is 4.79 Å². The molecule has 3 rings (SSSR count). The molecule has 1 aliphatic heterocycles. The Labute approximate surface area is 174 Å². The number of hydrogen-bond donors (Lipinski definition) is 2. The number of amides is 1. The highest BCUT2D eigenvalue weighted by Gasteiger charge is 2.59. The molecule has 0 radical (unpaired) electrons. The van der Waals surface area contributed by atoms with Gasteiger partial charge in [0.1, 0.15) is 5.67 Å². The van der Waals surface area contributed by atoms with Gasteiger partial charge in [0, 0.05) is 35.2 Å². The number of likely N-dealkylation sites (tertiary alicyclic amines) is 1. The maximum absolute atomic E-state index is 15.1. The lowest BCUT2D eigenvalue weighted by Gasteiger charge is -2.36. The molecule has 1 saturated carbocycles. The number of aliphatic carboxylic acids is 1. The Bertz CT molecular complexity index is 748. The molecule has 2 fully saturated rings. The van der Waals surface area contributed by atoms with Crippen LogP contribution >= 0.6 is 23.2 Å². The second-order valence-electron chi connectivity index (χ2n) is 8.01. The van der Waals surface area contributed by atoms with Crippen LogP contribution in [0.3, 0.4) is 0 Å². The highest BCUT2D eigenvalue weighted by Crippen LogP contribution is 2.55. The van der Waals surface area contributed by atoms with E-state index in [9.17, 15) is 14.7 Å². The van der Waals surface area contributed by atoms with Gasteiger partial charge in [0.05, 0.1) is 12.0 Å². The van der Waals surface area contributed by atoms with Gasteiger partial charge >= 0.3 is 5.97 Å². The lowest BCUT2D eigenvalue weighted by atomic mass is 9.92. The van der Waals surface area contributed by atoms with Crippen LogP contribution in [0.1, 0.15) is 43.0 Å². The van der Waals surface area contributed by atoms with E-state index in [4.69, 9.17) is 23.2 Å². The van der Waals surface area contributed by atoms with Gasteiger partial charge in [0.2, 0.25) is 0 Å². The van der Waals surface area contributed by atoms with Crippen molar-refractivity contribution in [2.75, 3.05) is 26.2 Å². The number of hydrogen-bond acceptors (Lipinski definition) is 3. The van der Waals surface area contributed by atoms with E-state index in [0.717, 1.165) is 0 Å². The lowest BCUT2D eigenvalue weighted by molar-refractivity contribution is -0.144. The molecule has 0 aromatic heterocycles. The van der Waals surface area contributed by atoms with Crippen LogP contribution in [0.2, 0.25) is 10.0 Å². The summed E-state index contributed by atoms with van der Waals surface area (Å²) in [5, 5.41) is 12.7. The van der Waals surface area contributed by atoms with Crippen molar-refractivity contribution in [2.24, 2.45) is 11.3 Å². The largest absolute Gasteiger partial charge is 0.481 e. The first-order valence-corrected chi connectivity index (χ1v) is 10.3. The summed E-state index contributed by atoms with van der Waals surface area (Å²) in [6, 6.07) is 4.52. The van der Waals surface area contributed by atoms with Crippen LogP contribution in [0, 0.1) is 11.3 Å². The van der Waals surface area contributed by atoms with Crippen molar-refractivity contribution in [1.29, 1.82) is 0 Å². The van der Waals surface area contributed by atoms with E-state index in [0.29, 0.717) is 60.9 Å². The number of benzene rings is 1. The van der Waals surface area contributed by atoms with Crippen LogP contribution in [0.25, 0.3) is 0 Å². The Kier molecular flexibility index (Phi) is 6.23. The molecule has 2 aliphatic rings. The van der Waals surface area contributed by atoms with Gasteiger partial charge in [-0.05, 0) is 49.8 Å². The van der Waals surface area contributed by atoms with Gasteiger partial charge in [-0.1, -0.05) is 30.1 Å². The lowest BCUT2D eigenvalue weighted by Crippen LogP contribution is -2.48. The number of piperidine rings is 1. The van der Waals surface area contributed by atoms with E-state index in [2.05, 4.69) is 10.2 Å². The van der Waals surface area contributed by atoms with Gasteiger partial charge in [-0.25, -0.2) is 4.39 Å². The van der Waals surface area contributed by atoms with Crippen LogP contribution < -0.4 is 5.32 Å². The minimum absolute atomic E-state index is 0.0682. The molecular weight excluding hydrogens is 406 g/mol. The fourth-order valence-corrected chi connectivity index (χ4v) is 4.64. The monoisotopic (exact) mass is 430 g/mol. The third-order valence-corrected chi connectivity index (χ3v) is 6.65. The quantitative estimate of drug-likeness (QED) is 0.684. The Morgan fingerprint density at radius 2 is 1.86 bits per heavy atom. The van der Waals surface area contributed by atoms with E-state index >= 15 is 4.39 Å². The smallest absolute Gasteiger partial charge is 0.309 e. The number of alkyl halides is 1. The van der Waals surface area contributed by atoms with E-state index in [1.807, 2.05) is 6.92 Å².